The maximum Gasteiger partial charge on any atom is 0.296 e. The number of hydrazone groups is 1. The van der Waals surface area contributed by atoms with Crippen molar-refractivity contribution in [3.05, 3.63) is 100 Å². The number of amidine groups is 1. The number of hydrogen-bond acceptors (Lipinski definition) is 5. The zero-order valence-electron chi connectivity index (χ0n) is 16.2. The van der Waals surface area contributed by atoms with Crippen LogP contribution in [-0.4, -0.2) is 10.8 Å². The van der Waals surface area contributed by atoms with Crippen molar-refractivity contribution in [2.24, 2.45) is 15.3 Å². The fourth-order valence-electron chi connectivity index (χ4n) is 2.60. The Kier molecular flexibility index (Phi) is 6.42. The first-order valence-electron chi connectivity index (χ1n) is 9.19. The molecule has 3 aromatic rings. The van der Waals surface area contributed by atoms with Crippen LogP contribution in [0, 0.1) is 10.1 Å². The van der Waals surface area contributed by atoms with E-state index < -0.39 is 4.92 Å². The summed E-state index contributed by atoms with van der Waals surface area (Å²) >= 11 is 0. The third-order valence-electron chi connectivity index (χ3n) is 4.23. The van der Waals surface area contributed by atoms with E-state index in [0.29, 0.717) is 11.8 Å². The van der Waals surface area contributed by atoms with E-state index in [-0.39, 0.29) is 11.4 Å². The topological polar surface area (TPSA) is 92.2 Å². The van der Waals surface area contributed by atoms with E-state index in [0.717, 1.165) is 11.3 Å². The van der Waals surface area contributed by atoms with Gasteiger partial charge in [0, 0.05) is 11.6 Å². The van der Waals surface area contributed by atoms with Crippen molar-refractivity contribution in [1.82, 2.24) is 0 Å². The predicted octanol–water partition coefficient (Wildman–Crippen LogP) is 6.28. The zero-order valence-corrected chi connectivity index (χ0v) is 16.2. The quantitative estimate of drug-likeness (QED) is 0.177. The Labute approximate surface area is 169 Å². The summed E-state index contributed by atoms with van der Waals surface area (Å²) in [5, 5.41) is 23.9. The average Bonchev–Trinajstić information content (AvgIpc) is 2.75. The Balaban J connectivity index is 1.95. The molecule has 7 heteroatoms. The minimum atomic E-state index is -0.481. The Morgan fingerprint density at radius 1 is 0.931 bits per heavy atom. The molecule has 0 fully saturated rings. The molecule has 0 aliphatic rings. The van der Waals surface area contributed by atoms with Crippen LogP contribution >= 0.6 is 0 Å². The summed E-state index contributed by atoms with van der Waals surface area (Å²) in [5.41, 5.74) is 5.76. The molecule has 0 heterocycles. The molecule has 29 heavy (non-hydrogen) atoms. The molecule has 3 rings (SSSR count). The normalized spacial score (nSPS) is 11.8. The maximum absolute atomic E-state index is 11.2. The summed E-state index contributed by atoms with van der Waals surface area (Å²) in [6, 6.07) is 23.5. The van der Waals surface area contributed by atoms with Gasteiger partial charge in [0.1, 0.15) is 0 Å². The van der Waals surface area contributed by atoms with Crippen molar-refractivity contribution in [3.63, 3.8) is 0 Å². The fraction of sp³-hybridized carbons (Fsp3) is 0.136. The molecule has 7 nitrogen and oxygen atoms in total. The molecule has 1 N–H and O–H groups in total. The minimum absolute atomic E-state index is 0.109. The number of rotatable bonds is 6. The Morgan fingerprint density at radius 3 is 2.24 bits per heavy atom. The highest BCUT2D eigenvalue weighted by atomic mass is 16.6. The van der Waals surface area contributed by atoms with Gasteiger partial charge in [-0.15, -0.1) is 10.2 Å². The van der Waals surface area contributed by atoms with E-state index in [1.54, 1.807) is 18.2 Å². The van der Waals surface area contributed by atoms with Crippen LogP contribution in [0.25, 0.3) is 0 Å². The van der Waals surface area contributed by atoms with Crippen molar-refractivity contribution in [1.29, 1.82) is 0 Å². The van der Waals surface area contributed by atoms with Crippen LogP contribution in [0.1, 0.15) is 30.9 Å². The lowest BCUT2D eigenvalue weighted by atomic mass is 10.0. The van der Waals surface area contributed by atoms with Gasteiger partial charge in [0.25, 0.3) is 5.69 Å². The second-order valence-electron chi connectivity index (χ2n) is 6.64. The van der Waals surface area contributed by atoms with Gasteiger partial charge in [-0.25, -0.2) is 0 Å². The molecule has 0 bridgehead atoms. The number of nitro benzene ring substituents is 1. The Morgan fingerprint density at radius 2 is 1.59 bits per heavy atom. The number of nitrogens with one attached hydrogen (secondary N) is 1. The van der Waals surface area contributed by atoms with Crippen LogP contribution in [0.3, 0.4) is 0 Å². The Hall–Kier alpha value is -3.87. The smallest absolute Gasteiger partial charge is 0.276 e. The molecule has 0 aromatic heterocycles. The largest absolute Gasteiger partial charge is 0.296 e. The third kappa shape index (κ3) is 5.32. The number of nitrogens with zero attached hydrogens (tertiary/aromatic N) is 4. The summed E-state index contributed by atoms with van der Waals surface area (Å²) in [6.07, 6.45) is 0. The van der Waals surface area contributed by atoms with Gasteiger partial charge in [-0.1, -0.05) is 68.4 Å². The molecule has 0 unspecified atom stereocenters. The SMILES string of the molecule is CC(C)c1ccc(/C(N=Nc2ccccc2[N+](=O)[O-])=N/Nc2ccccc2)cc1. The van der Waals surface area contributed by atoms with Crippen LogP contribution in [0.4, 0.5) is 17.1 Å². The molecule has 146 valence electrons. The van der Waals surface area contributed by atoms with Crippen LogP contribution in [0.2, 0.25) is 0 Å². The Bertz CT molecular complexity index is 1030. The molecular weight excluding hydrogens is 366 g/mol. The molecule has 0 saturated carbocycles. The van der Waals surface area contributed by atoms with Gasteiger partial charge in [-0.2, -0.15) is 5.10 Å². The highest BCUT2D eigenvalue weighted by molar-refractivity contribution is 5.99. The standard InChI is InChI=1S/C22H21N5O2/c1-16(2)17-12-14-18(15-13-17)22(25-23-19-8-4-3-5-9-19)26-24-20-10-6-7-11-21(20)27(28)29/h3-16,23H,1-2H3/b25-22-,26-24?. The lowest BCUT2D eigenvalue weighted by Gasteiger charge is -2.07. The van der Waals surface area contributed by atoms with E-state index in [1.807, 2.05) is 54.6 Å². The fourth-order valence-corrected chi connectivity index (χ4v) is 2.60. The molecule has 0 aliphatic heterocycles. The lowest BCUT2D eigenvalue weighted by Crippen LogP contribution is -2.02. The highest BCUT2D eigenvalue weighted by Gasteiger charge is 2.12. The molecule has 0 saturated heterocycles. The van der Waals surface area contributed by atoms with Gasteiger partial charge >= 0.3 is 0 Å². The highest BCUT2D eigenvalue weighted by Crippen LogP contribution is 2.27. The monoisotopic (exact) mass is 387 g/mol. The van der Waals surface area contributed by atoms with Gasteiger partial charge in [0.15, 0.2) is 5.69 Å². The second kappa shape index (κ2) is 9.36. The average molecular weight is 387 g/mol. The summed E-state index contributed by atoms with van der Waals surface area (Å²) in [7, 11) is 0. The van der Waals surface area contributed by atoms with Gasteiger partial charge in [-0.3, -0.25) is 15.5 Å². The number of para-hydroxylation sites is 2. The molecule has 0 radical (unpaired) electrons. The van der Waals surface area contributed by atoms with Crippen molar-refractivity contribution in [3.8, 4) is 0 Å². The van der Waals surface area contributed by atoms with E-state index in [9.17, 15) is 10.1 Å². The number of azo groups is 1. The minimum Gasteiger partial charge on any atom is -0.276 e. The van der Waals surface area contributed by atoms with Crippen LogP contribution < -0.4 is 5.43 Å². The van der Waals surface area contributed by atoms with E-state index in [2.05, 4.69) is 34.6 Å². The van der Waals surface area contributed by atoms with Crippen molar-refractivity contribution < 1.29 is 4.92 Å². The van der Waals surface area contributed by atoms with Crippen LogP contribution in [0.15, 0.2) is 94.2 Å². The molecule has 0 spiro atoms. The summed E-state index contributed by atoms with van der Waals surface area (Å²) in [4.78, 5) is 10.7. The van der Waals surface area contributed by atoms with Gasteiger partial charge in [-0.05, 0) is 29.7 Å². The van der Waals surface area contributed by atoms with Crippen molar-refractivity contribution >= 4 is 22.9 Å². The molecule has 0 atom stereocenters. The van der Waals surface area contributed by atoms with Crippen LogP contribution in [-0.2, 0) is 0 Å². The predicted molar refractivity (Wildman–Crippen MR) is 115 cm³/mol. The summed E-state index contributed by atoms with van der Waals surface area (Å²) in [6.45, 7) is 4.24. The van der Waals surface area contributed by atoms with Gasteiger partial charge in [0.05, 0.1) is 10.6 Å². The number of hydrogen-bond donors (Lipinski definition) is 1. The van der Waals surface area contributed by atoms with E-state index >= 15 is 0 Å². The van der Waals surface area contributed by atoms with Crippen molar-refractivity contribution in [2.75, 3.05) is 5.43 Å². The first-order chi connectivity index (χ1) is 14.0. The van der Waals surface area contributed by atoms with E-state index in [1.165, 1.54) is 11.6 Å². The first kappa shape index (κ1) is 19.9. The molecule has 0 amide bonds. The summed E-state index contributed by atoms with van der Waals surface area (Å²) in [5.74, 6) is 0.725. The van der Waals surface area contributed by atoms with Gasteiger partial charge in [0.2, 0.25) is 5.84 Å². The lowest BCUT2D eigenvalue weighted by molar-refractivity contribution is -0.384. The first-order valence-corrected chi connectivity index (χ1v) is 9.19. The molecule has 3 aromatic carbocycles. The molecular formula is C22H21N5O2. The summed E-state index contributed by atoms with van der Waals surface area (Å²) < 4.78 is 0. The third-order valence-corrected chi connectivity index (χ3v) is 4.23. The zero-order chi connectivity index (χ0) is 20.6. The van der Waals surface area contributed by atoms with Crippen LogP contribution in [0.5, 0.6) is 0 Å². The second-order valence-corrected chi connectivity index (χ2v) is 6.64. The molecule has 0 aliphatic carbocycles. The number of anilines is 1. The van der Waals surface area contributed by atoms with Crippen molar-refractivity contribution in [2.45, 2.75) is 19.8 Å². The van der Waals surface area contributed by atoms with Gasteiger partial charge < -0.3 is 0 Å². The van der Waals surface area contributed by atoms with E-state index in [4.69, 9.17) is 0 Å². The number of nitro groups is 1. The maximum atomic E-state index is 11.2. The number of benzene rings is 3.